The van der Waals surface area contributed by atoms with Crippen LogP contribution in [0, 0.1) is 0 Å². The monoisotopic (exact) mass is 400 g/mol. The molecule has 1 aliphatic carbocycles. The first-order valence-electron chi connectivity index (χ1n) is 7.25. The molecule has 4 nitrogen and oxygen atoms in total. The van der Waals surface area contributed by atoms with Crippen molar-refractivity contribution in [1.29, 1.82) is 0 Å². The summed E-state index contributed by atoms with van der Waals surface area (Å²) in [6.07, 6.45) is 2.94. The van der Waals surface area contributed by atoms with Gasteiger partial charge in [-0.25, -0.2) is 4.79 Å². The molecule has 1 aromatic carbocycles. The topological polar surface area (TPSA) is 50.4 Å². The third kappa shape index (κ3) is 3.52. The number of anilines is 2. The molecule has 0 aliphatic heterocycles. The molecule has 2 aromatic rings. The van der Waals surface area contributed by atoms with Crippen molar-refractivity contribution in [2.24, 2.45) is 0 Å². The molecule has 8 heteroatoms. The fourth-order valence-electron chi connectivity index (χ4n) is 2.66. The van der Waals surface area contributed by atoms with Gasteiger partial charge in [0, 0.05) is 9.90 Å². The van der Waals surface area contributed by atoms with Crippen LogP contribution >= 0.6 is 46.8 Å². The van der Waals surface area contributed by atoms with Gasteiger partial charge in [0.2, 0.25) is 0 Å². The number of hydrogen-bond acceptors (Lipinski definition) is 4. The van der Waals surface area contributed by atoms with Gasteiger partial charge in [-0.05, 0) is 55.2 Å². The Morgan fingerprint density at radius 1 is 1.29 bits per heavy atom. The van der Waals surface area contributed by atoms with E-state index in [1.807, 2.05) is 0 Å². The number of carbonyl (C=O) groups is 1. The summed E-state index contributed by atoms with van der Waals surface area (Å²) in [7, 11) is 1.38. The van der Waals surface area contributed by atoms with E-state index in [0.717, 1.165) is 24.8 Å². The van der Waals surface area contributed by atoms with E-state index in [4.69, 9.17) is 40.2 Å². The number of aryl methyl sites for hydroxylation is 1. The molecule has 1 aliphatic rings. The number of halogens is 2. The molecular weight excluding hydrogens is 387 g/mol. The van der Waals surface area contributed by atoms with Gasteiger partial charge in [0.1, 0.15) is 5.00 Å². The summed E-state index contributed by atoms with van der Waals surface area (Å²) >= 11 is 18.9. The first kappa shape index (κ1) is 17.5. The summed E-state index contributed by atoms with van der Waals surface area (Å²) in [6.45, 7) is 0. The van der Waals surface area contributed by atoms with E-state index in [1.165, 1.54) is 12.0 Å². The Kier molecular flexibility index (Phi) is 5.30. The Labute approximate surface area is 159 Å². The Bertz CT molecular complexity index is 821. The zero-order chi connectivity index (χ0) is 17.3. The van der Waals surface area contributed by atoms with Gasteiger partial charge in [-0.3, -0.25) is 0 Å². The Balaban J connectivity index is 1.81. The van der Waals surface area contributed by atoms with Crippen molar-refractivity contribution in [3.63, 3.8) is 0 Å². The van der Waals surface area contributed by atoms with Crippen molar-refractivity contribution < 1.29 is 9.53 Å². The van der Waals surface area contributed by atoms with Crippen LogP contribution in [0.25, 0.3) is 0 Å². The maximum atomic E-state index is 12.1. The SMILES string of the molecule is COC(=O)c1c(NC(=S)Nc2ccc(Cl)cc2Cl)sc2c1CCC2. The number of esters is 1. The van der Waals surface area contributed by atoms with Crippen molar-refractivity contribution in [3.05, 3.63) is 44.2 Å². The lowest BCUT2D eigenvalue weighted by atomic mass is 10.1. The molecule has 0 amide bonds. The molecule has 0 spiro atoms. The van der Waals surface area contributed by atoms with Crippen molar-refractivity contribution >= 4 is 68.5 Å². The number of rotatable bonds is 3. The number of thiocarbonyl (C=S) groups is 1. The van der Waals surface area contributed by atoms with Crippen LogP contribution in [0.2, 0.25) is 10.0 Å². The molecular formula is C16H14Cl2N2O2S2. The first-order chi connectivity index (χ1) is 11.5. The molecule has 1 aromatic heterocycles. The Morgan fingerprint density at radius 3 is 2.79 bits per heavy atom. The number of ether oxygens (including phenoxy) is 1. The molecule has 126 valence electrons. The van der Waals surface area contributed by atoms with Crippen LogP contribution in [0.4, 0.5) is 10.7 Å². The zero-order valence-corrected chi connectivity index (χ0v) is 15.9. The van der Waals surface area contributed by atoms with Crippen molar-refractivity contribution in [1.82, 2.24) is 0 Å². The van der Waals surface area contributed by atoms with Gasteiger partial charge >= 0.3 is 5.97 Å². The fourth-order valence-corrected chi connectivity index (χ4v) is 4.67. The second-order valence-electron chi connectivity index (χ2n) is 5.26. The minimum absolute atomic E-state index is 0.343. The molecule has 0 atom stereocenters. The van der Waals surface area contributed by atoms with E-state index in [0.29, 0.717) is 31.4 Å². The summed E-state index contributed by atoms with van der Waals surface area (Å²) in [5.74, 6) is -0.343. The zero-order valence-electron chi connectivity index (χ0n) is 12.7. The predicted molar refractivity (Wildman–Crippen MR) is 104 cm³/mol. The van der Waals surface area contributed by atoms with Crippen molar-refractivity contribution in [2.75, 3.05) is 17.7 Å². The van der Waals surface area contributed by atoms with E-state index >= 15 is 0 Å². The minimum atomic E-state index is -0.343. The van der Waals surface area contributed by atoms with Gasteiger partial charge in [-0.15, -0.1) is 11.3 Å². The summed E-state index contributed by atoms with van der Waals surface area (Å²) < 4.78 is 4.92. The standard InChI is InChI=1S/C16H14Cl2N2O2S2/c1-22-15(21)13-9-3-2-4-12(9)24-14(13)20-16(23)19-11-6-5-8(17)7-10(11)18/h5-7H,2-4H2,1H3,(H2,19,20,23). The molecule has 0 radical (unpaired) electrons. The third-order valence-corrected chi connectivity index (χ3v) is 5.68. The third-order valence-electron chi connectivity index (χ3n) is 3.72. The van der Waals surface area contributed by atoms with Crippen LogP contribution in [-0.4, -0.2) is 18.2 Å². The Morgan fingerprint density at radius 2 is 2.08 bits per heavy atom. The number of carbonyl (C=O) groups excluding carboxylic acids is 1. The van der Waals surface area contributed by atoms with E-state index < -0.39 is 0 Å². The van der Waals surface area contributed by atoms with Crippen LogP contribution in [0.5, 0.6) is 0 Å². The van der Waals surface area contributed by atoms with Crippen LogP contribution < -0.4 is 10.6 Å². The number of nitrogens with one attached hydrogen (secondary N) is 2. The molecule has 0 fully saturated rings. The Hall–Kier alpha value is -1.34. The quantitative estimate of drug-likeness (QED) is 0.551. The van der Waals surface area contributed by atoms with E-state index in [2.05, 4.69) is 10.6 Å². The smallest absolute Gasteiger partial charge is 0.341 e. The van der Waals surface area contributed by atoms with Crippen LogP contribution in [0.3, 0.4) is 0 Å². The van der Waals surface area contributed by atoms with Gasteiger partial charge in [-0.2, -0.15) is 0 Å². The van der Waals surface area contributed by atoms with Gasteiger partial charge in [-0.1, -0.05) is 23.2 Å². The van der Waals surface area contributed by atoms with Crippen LogP contribution in [0.15, 0.2) is 18.2 Å². The number of hydrogen-bond donors (Lipinski definition) is 2. The van der Waals surface area contributed by atoms with E-state index in [1.54, 1.807) is 29.5 Å². The average molecular weight is 401 g/mol. The maximum Gasteiger partial charge on any atom is 0.341 e. The molecule has 2 N–H and O–H groups in total. The van der Waals surface area contributed by atoms with Gasteiger partial charge in [0.25, 0.3) is 0 Å². The second-order valence-corrected chi connectivity index (χ2v) is 7.61. The number of benzene rings is 1. The molecule has 0 unspecified atom stereocenters. The lowest BCUT2D eigenvalue weighted by molar-refractivity contribution is 0.0601. The second kappa shape index (κ2) is 7.27. The highest BCUT2D eigenvalue weighted by molar-refractivity contribution is 7.80. The lowest BCUT2D eigenvalue weighted by Crippen LogP contribution is -2.20. The molecule has 0 bridgehead atoms. The molecule has 24 heavy (non-hydrogen) atoms. The maximum absolute atomic E-state index is 12.1. The van der Waals surface area contributed by atoms with Crippen LogP contribution in [0.1, 0.15) is 27.2 Å². The highest BCUT2D eigenvalue weighted by atomic mass is 35.5. The van der Waals surface area contributed by atoms with Crippen molar-refractivity contribution in [3.8, 4) is 0 Å². The normalized spacial score (nSPS) is 12.6. The fraction of sp³-hybridized carbons (Fsp3) is 0.250. The molecule has 3 rings (SSSR count). The van der Waals surface area contributed by atoms with E-state index in [-0.39, 0.29) is 5.97 Å². The molecule has 0 saturated heterocycles. The minimum Gasteiger partial charge on any atom is -0.465 e. The number of thiophene rings is 1. The highest BCUT2D eigenvalue weighted by Crippen LogP contribution is 2.39. The lowest BCUT2D eigenvalue weighted by Gasteiger charge is -2.12. The van der Waals surface area contributed by atoms with Gasteiger partial charge in [0.05, 0.1) is 23.4 Å². The van der Waals surface area contributed by atoms with Crippen LogP contribution in [-0.2, 0) is 17.6 Å². The molecule has 0 saturated carbocycles. The summed E-state index contributed by atoms with van der Waals surface area (Å²) in [6, 6.07) is 5.10. The average Bonchev–Trinajstić information content (AvgIpc) is 3.10. The molecule has 1 heterocycles. The largest absolute Gasteiger partial charge is 0.465 e. The highest BCUT2D eigenvalue weighted by Gasteiger charge is 2.27. The summed E-state index contributed by atoms with van der Waals surface area (Å²) in [4.78, 5) is 13.3. The summed E-state index contributed by atoms with van der Waals surface area (Å²) in [5.41, 5.74) is 2.30. The van der Waals surface area contributed by atoms with Gasteiger partial charge in [0.15, 0.2) is 5.11 Å². The number of methoxy groups -OCH3 is 1. The van der Waals surface area contributed by atoms with E-state index in [9.17, 15) is 4.79 Å². The van der Waals surface area contributed by atoms with Crippen molar-refractivity contribution in [2.45, 2.75) is 19.3 Å². The van der Waals surface area contributed by atoms with Gasteiger partial charge < -0.3 is 15.4 Å². The number of fused-ring (bicyclic) bond motifs is 1. The first-order valence-corrected chi connectivity index (χ1v) is 9.23. The predicted octanol–water partition coefficient (Wildman–Crippen LogP) is 5.14. The summed E-state index contributed by atoms with van der Waals surface area (Å²) in [5, 5.41) is 8.18.